The van der Waals surface area contributed by atoms with Gasteiger partial charge < -0.3 is 10.2 Å². The molecule has 2 aliphatic carbocycles. The summed E-state index contributed by atoms with van der Waals surface area (Å²) >= 11 is 0. The Balaban J connectivity index is 1.90. The molecule has 2 fully saturated rings. The smallest absolute Gasteiger partial charge is 0.0695 e. The summed E-state index contributed by atoms with van der Waals surface area (Å²) in [4.78, 5) is 2.47. The molecule has 0 aromatic rings. The molecular formula is C12H23NO2. The monoisotopic (exact) mass is 213 g/mol. The second-order valence-electron chi connectivity index (χ2n) is 4.97. The van der Waals surface area contributed by atoms with Gasteiger partial charge in [-0.05, 0) is 38.5 Å². The summed E-state index contributed by atoms with van der Waals surface area (Å²) in [6.07, 6.45) is 7.90. The van der Waals surface area contributed by atoms with Crippen molar-refractivity contribution < 1.29 is 10.2 Å². The Morgan fingerprint density at radius 3 is 2.27 bits per heavy atom. The molecule has 0 heterocycles. The van der Waals surface area contributed by atoms with Crippen molar-refractivity contribution in [2.45, 2.75) is 63.1 Å². The first-order valence-electron chi connectivity index (χ1n) is 6.37. The van der Waals surface area contributed by atoms with E-state index in [1.165, 1.54) is 19.3 Å². The number of aliphatic hydroxyl groups is 2. The number of hydrogen-bond acceptors (Lipinski definition) is 3. The molecule has 0 saturated heterocycles. The molecule has 0 radical (unpaired) electrons. The number of rotatable bonds is 5. The van der Waals surface area contributed by atoms with Crippen molar-refractivity contribution in [2.24, 2.45) is 0 Å². The van der Waals surface area contributed by atoms with Crippen LogP contribution in [-0.4, -0.2) is 46.5 Å². The van der Waals surface area contributed by atoms with Gasteiger partial charge in [0.2, 0.25) is 0 Å². The number of hydrogen-bond donors (Lipinski definition) is 2. The fourth-order valence-corrected chi connectivity index (χ4v) is 2.90. The van der Waals surface area contributed by atoms with Gasteiger partial charge in [0.1, 0.15) is 0 Å². The van der Waals surface area contributed by atoms with Gasteiger partial charge in [-0.25, -0.2) is 0 Å². The van der Waals surface area contributed by atoms with Crippen molar-refractivity contribution >= 4 is 0 Å². The summed E-state index contributed by atoms with van der Waals surface area (Å²) in [5, 5.41) is 18.8. The number of nitrogens with zero attached hydrogens (tertiary/aromatic N) is 1. The first-order valence-corrected chi connectivity index (χ1v) is 6.37. The summed E-state index contributed by atoms with van der Waals surface area (Å²) in [5.74, 6) is 0. The van der Waals surface area contributed by atoms with Gasteiger partial charge in [-0.1, -0.05) is 6.42 Å². The molecular weight excluding hydrogens is 190 g/mol. The molecule has 0 aliphatic heterocycles. The molecule has 0 bridgehead atoms. The van der Waals surface area contributed by atoms with E-state index in [2.05, 4.69) is 4.90 Å². The van der Waals surface area contributed by atoms with E-state index in [4.69, 9.17) is 5.11 Å². The molecule has 0 aromatic heterocycles. The molecule has 2 rings (SSSR count). The van der Waals surface area contributed by atoms with Crippen LogP contribution in [0.1, 0.15) is 44.9 Å². The fraction of sp³-hybridized carbons (Fsp3) is 1.00. The lowest BCUT2D eigenvalue weighted by atomic mass is 9.89. The van der Waals surface area contributed by atoms with Crippen molar-refractivity contribution in [3.05, 3.63) is 0 Å². The zero-order chi connectivity index (χ0) is 10.7. The predicted molar refractivity (Wildman–Crippen MR) is 59.7 cm³/mol. The first kappa shape index (κ1) is 11.4. The van der Waals surface area contributed by atoms with Crippen LogP contribution in [0, 0.1) is 0 Å². The molecule has 2 aliphatic rings. The first-order chi connectivity index (χ1) is 7.33. The summed E-state index contributed by atoms with van der Waals surface area (Å²) < 4.78 is 0. The van der Waals surface area contributed by atoms with E-state index in [0.717, 1.165) is 32.2 Å². The second-order valence-corrected chi connectivity index (χ2v) is 4.97. The predicted octanol–water partition coefficient (Wildman–Crippen LogP) is 1.14. The Morgan fingerprint density at radius 2 is 1.80 bits per heavy atom. The molecule has 3 heteroatoms. The maximum absolute atomic E-state index is 9.92. The maximum atomic E-state index is 9.92. The number of aliphatic hydroxyl groups excluding tert-OH is 2. The maximum Gasteiger partial charge on any atom is 0.0695 e. The van der Waals surface area contributed by atoms with Gasteiger partial charge in [0.05, 0.1) is 6.10 Å². The average Bonchev–Trinajstić information content (AvgIpc) is 2.55. The van der Waals surface area contributed by atoms with Crippen molar-refractivity contribution in [1.29, 1.82) is 0 Å². The van der Waals surface area contributed by atoms with Crippen LogP contribution < -0.4 is 0 Å². The highest BCUT2D eigenvalue weighted by Crippen LogP contribution is 2.32. The molecule has 0 aromatic carbocycles. The largest absolute Gasteiger partial charge is 0.396 e. The van der Waals surface area contributed by atoms with Gasteiger partial charge >= 0.3 is 0 Å². The lowest BCUT2D eigenvalue weighted by Gasteiger charge is -2.42. The lowest BCUT2D eigenvalue weighted by molar-refractivity contribution is 0.0139. The Bertz CT molecular complexity index is 194. The Labute approximate surface area is 92.1 Å². The van der Waals surface area contributed by atoms with Crippen LogP contribution in [0.2, 0.25) is 0 Å². The van der Waals surface area contributed by atoms with Crippen LogP contribution in [-0.2, 0) is 0 Å². The molecule has 0 amide bonds. The molecule has 2 N–H and O–H groups in total. The third-order valence-corrected chi connectivity index (χ3v) is 3.99. The van der Waals surface area contributed by atoms with Gasteiger partial charge in [-0.15, -0.1) is 0 Å². The zero-order valence-corrected chi connectivity index (χ0v) is 9.44. The summed E-state index contributed by atoms with van der Waals surface area (Å²) in [7, 11) is 0. The Kier molecular flexibility index (Phi) is 4.00. The molecule has 0 spiro atoms. The minimum absolute atomic E-state index is 0.121. The van der Waals surface area contributed by atoms with E-state index in [9.17, 15) is 5.11 Å². The molecule has 3 nitrogen and oxygen atoms in total. The van der Waals surface area contributed by atoms with Gasteiger partial charge in [-0.2, -0.15) is 0 Å². The van der Waals surface area contributed by atoms with Crippen LogP contribution in [0.4, 0.5) is 0 Å². The minimum atomic E-state index is -0.121. The van der Waals surface area contributed by atoms with E-state index in [-0.39, 0.29) is 12.7 Å². The topological polar surface area (TPSA) is 43.7 Å². The van der Waals surface area contributed by atoms with Crippen LogP contribution in [0.15, 0.2) is 0 Å². The molecule has 88 valence electrons. The SMILES string of the molecule is OCCCN(C1CCC1)C1CCCC1O. The van der Waals surface area contributed by atoms with E-state index in [1.807, 2.05) is 0 Å². The Hall–Kier alpha value is -0.120. The molecule has 2 saturated carbocycles. The quantitative estimate of drug-likeness (QED) is 0.719. The van der Waals surface area contributed by atoms with Gasteiger partial charge in [-0.3, -0.25) is 4.90 Å². The van der Waals surface area contributed by atoms with E-state index < -0.39 is 0 Å². The summed E-state index contributed by atoms with van der Waals surface area (Å²) in [6.45, 7) is 1.23. The van der Waals surface area contributed by atoms with Gasteiger partial charge in [0, 0.05) is 25.2 Å². The lowest BCUT2D eigenvalue weighted by Crippen LogP contribution is -2.50. The summed E-state index contributed by atoms with van der Waals surface area (Å²) in [6, 6.07) is 1.07. The van der Waals surface area contributed by atoms with Crippen LogP contribution in [0.3, 0.4) is 0 Å². The highest BCUT2D eigenvalue weighted by Gasteiger charge is 2.36. The van der Waals surface area contributed by atoms with Crippen LogP contribution in [0.5, 0.6) is 0 Å². The normalized spacial score (nSPS) is 32.2. The van der Waals surface area contributed by atoms with E-state index >= 15 is 0 Å². The molecule has 15 heavy (non-hydrogen) atoms. The van der Waals surface area contributed by atoms with Crippen molar-refractivity contribution in [3.8, 4) is 0 Å². The van der Waals surface area contributed by atoms with Crippen LogP contribution in [0.25, 0.3) is 0 Å². The highest BCUT2D eigenvalue weighted by atomic mass is 16.3. The third kappa shape index (κ3) is 2.52. The summed E-state index contributed by atoms with van der Waals surface area (Å²) in [5.41, 5.74) is 0. The van der Waals surface area contributed by atoms with Crippen molar-refractivity contribution in [2.75, 3.05) is 13.2 Å². The van der Waals surface area contributed by atoms with E-state index in [0.29, 0.717) is 12.1 Å². The van der Waals surface area contributed by atoms with Crippen molar-refractivity contribution in [3.63, 3.8) is 0 Å². The molecule has 2 unspecified atom stereocenters. The Morgan fingerprint density at radius 1 is 1.07 bits per heavy atom. The second kappa shape index (κ2) is 5.28. The standard InChI is InChI=1S/C12H23NO2/c14-9-3-8-13(10-4-1-5-10)11-6-2-7-12(11)15/h10-12,14-15H,1-9H2. The van der Waals surface area contributed by atoms with Gasteiger partial charge in [0.25, 0.3) is 0 Å². The third-order valence-electron chi connectivity index (χ3n) is 3.99. The zero-order valence-electron chi connectivity index (χ0n) is 9.44. The van der Waals surface area contributed by atoms with Gasteiger partial charge in [0.15, 0.2) is 0 Å². The fourth-order valence-electron chi connectivity index (χ4n) is 2.90. The minimum Gasteiger partial charge on any atom is -0.396 e. The van der Waals surface area contributed by atoms with Crippen LogP contribution >= 0.6 is 0 Å². The highest BCUT2D eigenvalue weighted by molar-refractivity contribution is 4.91. The average molecular weight is 213 g/mol. The molecule has 2 atom stereocenters. The van der Waals surface area contributed by atoms with E-state index in [1.54, 1.807) is 0 Å². The van der Waals surface area contributed by atoms with Crippen molar-refractivity contribution in [1.82, 2.24) is 4.90 Å².